The number of alkyl halides is 6. The highest BCUT2D eigenvalue weighted by molar-refractivity contribution is 7.73. The first kappa shape index (κ1) is 36.3. The first-order chi connectivity index (χ1) is 22.8. The molecule has 0 aromatic heterocycles. The second-order valence-corrected chi connectivity index (χ2v) is 21.8. The Labute approximate surface area is 282 Å². The van der Waals surface area contributed by atoms with E-state index in [0.29, 0.717) is 51.4 Å². The van der Waals surface area contributed by atoms with Gasteiger partial charge in [-0.3, -0.25) is 0 Å². The van der Waals surface area contributed by atoms with Gasteiger partial charge in [-0.2, -0.15) is 26.3 Å². The van der Waals surface area contributed by atoms with Crippen LogP contribution in [0.25, 0.3) is 11.1 Å². The Balaban J connectivity index is 1.48. The van der Waals surface area contributed by atoms with E-state index in [-0.39, 0.29) is 33.2 Å². The second-order valence-electron chi connectivity index (χ2n) is 15.0. The summed E-state index contributed by atoms with van der Waals surface area (Å²) in [6, 6.07) is 7.03. The molecule has 4 fully saturated rings. The molecule has 2 aromatic carbocycles. The number of rotatable bonds is 7. The first-order valence-corrected chi connectivity index (χ1v) is 22.2. The van der Waals surface area contributed by atoms with Crippen molar-refractivity contribution in [2.45, 2.75) is 163 Å². The van der Waals surface area contributed by atoms with Crippen molar-refractivity contribution in [2.24, 2.45) is 0 Å². The molecule has 6 rings (SSSR count). The van der Waals surface area contributed by atoms with Crippen molar-refractivity contribution in [3.8, 4) is 11.1 Å². The molecule has 4 aliphatic rings. The minimum atomic E-state index is -4.96. The number of hydrogen-bond donors (Lipinski definition) is 0. The van der Waals surface area contributed by atoms with Crippen LogP contribution in [-0.2, 0) is 21.5 Å². The first-order valence-electron chi connectivity index (χ1n) is 18.5. The van der Waals surface area contributed by atoms with Crippen LogP contribution in [0, 0.1) is 0 Å². The van der Waals surface area contributed by atoms with E-state index >= 15 is 9.13 Å². The molecular weight excluding hydrogens is 664 g/mol. The molecule has 266 valence electrons. The molecule has 0 heterocycles. The van der Waals surface area contributed by atoms with Gasteiger partial charge in [-0.05, 0) is 74.6 Å². The zero-order valence-corrected chi connectivity index (χ0v) is 29.7. The van der Waals surface area contributed by atoms with E-state index in [1.54, 1.807) is 0 Å². The fourth-order valence-electron chi connectivity index (χ4n) is 9.74. The van der Waals surface area contributed by atoms with Crippen molar-refractivity contribution in [1.82, 2.24) is 0 Å². The summed E-state index contributed by atoms with van der Waals surface area (Å²) in [5, 5.41) is 0.336. The van der Waals surface area contributed by atoms with E-state index in [1.165, 1.54) is 12.1 Å². The van der Waals surface area contributed by atoms with Crippen LogP contribution in [0.3, 0.4) is 0 Å². The van der Waals surface area contributed by atoms with Crippen molar-refractivity contribution < 1.29 is 35.5 Å². The molecule has 0 spiro atoms. The lowest BCUT2D eigenvalue weighted by Gasteiger charge is -2.39. The Morgan fingerprint density at radius 1 is 0.417 bits per heavy atom. The van der Waals surface area contributed by atoms with Gasteiger partial charge in [0.05, 0.1) is 11.1 Å². The standard InChI is InChI=1S/C38H50F6O2P2/c39-37(40,41)35-25-31(47(45,27-13-5-1-6-14-27)28-15-7-2-8-16-28)21-23-33(35)34-24-22-32(26-36(34)38(42,43)44)48(46,29-17-9-3-10-18-29)30-19-11-4-12-20-30/h21-30H,1-20H2. The highest BCUT2D eigenvalue weighted by Crippen LogP contribution is 2.64. The van der Waals surface area contributed by atoms with Gasteiger partial charge < -0.3 is 9.13 Å². The lowest BCUT2D eigenvalue weighted by molar-refractivity contribution is -0.139. The predicted octanol–water partition coefficient (Wildman–Crippen LogP) is 12.7. The van der Waals surface area contributed by atoms with E-state index in [4.69, 9.17) is 0 Å². The van der Waals surface area contributed by atoms with Gasteiger partial charge in [0.2, 0.25) is 0 Å². The summed E-state index contributed by atoms with van der Waals surface area (Å²) < 4.78 is 120. The van der Waals surface area contributed by atoms with Crippen molar-refractivity contribution >= 4 is 24.9 Å². The van der Waals surface area contributed by atoms with Crippen molar-refractivity contribution in [3.63, 3.8) is 0 Å². The van der Waals surface area contributed by atoms with Crippen LogP contribution in [0.15, 0.2) is 36.4 Å². The summed E-state index contributed by atoms with van der Waals surface area (Å²) >= 11 is 0. The SMILES string of the molecule is O=P(c1ccc(-c2ccc(P(=O)(C3CCCCC3)C3CCCCC3)cc2C(F)(F)F)c(C(F)(F)F)c1)(C1CCCCC1)C1CCCCC1. The van der Waals surface area contributed by atoms with Gasteiger partial charge >= 0.3 is 12.4 Å². The van der Waals surface area contributed by atoms with Crippen molar-refractivity contribution in [3.05, 3.63) is 47.5 Å². The van der Waals surface area contributed by atoms with Crippen LogP contribution in [-0.4, -0.2) is 22.6 Å². The second kappa shape index (κ2) is 14.6. The number of benzene rings is 2. The molecule has 4 saturated carbocycles. The van der Waals surface area contributed by atoms with Crippen LogP contribution < -0.4 is 10.6 Å². The molecule has 0 aliphatic heterocycles. The predicted molar refractivity (Wildman–Crippen MR) is 184 cm³/mol. The fourth-order valence-corrected chi connectivity index (χ4v) is 18.4. The Kier molecular flexibility index (Phi) is 11.0. The smallest absolute Gasteiger partial charge is 0.318 e. The molecule has 0 radical (unpaired) electrons. The van der Waals surface area contributed by atoms with Gasteiger partial charge in [0, 0.05) is 33.2 Å². The molecule has 10 heteroatoms. The Hall–Kier alpha value is -1.52. The van der Waals surface area contributed by atoms with Gasteiger partial charge in [-0.1, -0.05) is 101 Å². The van der Waals surface area contributed by atoms with Crippen LogP contribution in [0.2, 0.25) is 0 Å². The highest BCUT2D eigenvalue weighted by atomic mass is 31.2. The van der Waals surface area contributed by atoms with Gasteiger partial charge in [0.1, 0.15) is 14.3 Å². The normalized spacial score (nSPS) is 22.2. The average Bonchev–Trinajstić information content (AvgIpc) is 3.11. The summed E-state index contributed by atoms with van der Waals surface area (Å²) in [7, 11) is -6.59. The van der Waals surface area contributed by atoms with Crippen LogP contribution in [0.5, 0.6) is 0 Å². The van der Waals surface area contributed by atoms with Crippen LogP contribution in [0.4, 0.5) is 26.3 Å². The summed E-state index contributed by atoms with van der Waals surface area (Å²) in [4.78, 5) is 0. The summed E-state index contributed by atoms with van der Waals surface area (Å²) in [5.74, 6) is 0. The molecule has 0 N–H and O–H groups in total. The summed E-state index contributed by atoms with van der Waals surface area (Å²) in [5.41, 5.74) is -4.25. The molecule has 4 aliphatic carbocycles. The van der Waals surface area contributed by atoms with E-state index in [9.17, 15) is 26.3 Å². The third-order valence-electron chi connectivity index (χ3n) is 12.2. The third-order valence-corrected chi connectivity index (χ3v) is 20.8. The van der Waals surface area contributed by atoms with Gasteiger partial charge in [0.25, 0.3) is 0 Å². The number of hydrogen-bond acceptors (Lipinski definition) is 2. The quantitative estimate of drug-likeness (QED) is 0.211. The topological polar surface area (TPSA) is 34.1 Å². The summed E-state index contributed by atoms with van der Waals surface area (Å²) in [6.45, 7) is 0. The monoisotopic (exact) mass is 714 g/mol. The van der Waals surface area contributed by atoms with Gasteiger partial charge in [-0.15, -0.1) is 0 Å². The maximum absolute atomic E-state index is 15.2. The van der Waals surface area contributed by atoms with E-state index in [0.717, 1.165) is 101 Å². The molecule has 0 bridgehead atoms. The molecule has 48 heavy (non-hydrogen) atoms. The van der Waals surface area contributed by atoms with Gasteiger partial charge in [0.15, 0.2) is 0 Å². The third kappa shape index (κ3) is 7.15. The molecule has 0 unspecified atom stereocenters. The summed E-state index contributed by atoms with van der Waals surface area (Å²) in [6.07, 6.45) is 6.88. The zero-order chi connectivity index (χ0) is 34.2. The van der Waals surface area contributed by atoms with E-state index < -0.39 is 48.9 Å². The largest absolute Gasteiger partial charge is 0.417 e. The fraction of sp³-hybridized carbons (Fsp3) is 0.684. The zero-order valence-electron chi connectivity index (χ0n) is 27.9. The Morgan fingerprint density at radius 3 is 0.896 bits per heavy atom. The maximum Gasteiger partial charge on any atom is 0.417 e. The van der Waals surface area contributed by atoms with Gasteiger partial charge in [-0.25, -0.2) is 0 Å². The lowest BCUT2D eigenvalue weighted by atomic mass is 9.94. The van der Waals surface area contributed by atoms with Crippen molar-refractivity contribution in [2.75, 3.05) is 0 Å². The molecule has 0 saturated heterocycles. The molecular formula is C38H50F6O2P2. The van der Waals surface area contributed by atoms with Crippen molar-refractivity contribution in [1.29, 1.82) is 0 Å². The molecule has 2 aromatic rings. The van der Waals surface area contributed by atoms with E-state index in [2.05, 4.69) is 0 Å². The molecule has 0 amide bonds. The van der Waals surface area contributed by atoms with Crippen LogP contribution >= 0.6 is 14.3 Å². The molecule has 0 atom stereocenters. The maximum atomic E-state index is 15.2. The van der Waals surface area contributed by atoms with Crippen LogP contribution in [0.1, 0.15) is 140 Å². The Morgan fingerprint density at radius 2 is 0.667 bits per heavy atom. The Bertz CT molecular complexity index is 1350. The average molecular weight is 715 g/mol. The van der Waals surface area contributed by atoms with E-state index in [1.807, 2.05) is 0 Å². The lowest BCUT2D eigenvalue weighted by Crippen LogP contribution is -2.31. The minimum Gasteiger partial charge on any atom is -0.318 e. The highest BCUT2D eigenvalue weighted by Gasteiger charge is 2.47. The number of halogens is 6. The molecule has 2 nitrogen and oxygen atoms in total. The minimum absolute atomic E-state index is 0.168.